The lowest BCUT2D eigenvalue weighted by Crippen LogP contribution is -2.17. The Bertz CT molecular complexity index is 328. The molecule has 0 aromatic carbocycles. The van der Waals surface area contributed by atoms with E-state index in [1.165, 1.54) is 19.3 Å². The maximum absolute atomic E-state index is 10.9. The van der Waals surface area contributed by atoms with E-state index in [1.54, 1.807) is 6.20 Å². The molecule has 0 atom stereocenters. The zero-order valence-electron chi connectivity index (χ0n) is 7.49. The van der Waals surface area contributed by atoms with Gasteiger partial charge >= 0.3 is 5.69 Å². The molecule has 4 heteroatoms. The van der Waals surface area contributed by atoms with Gasteiger partial charge in [0.15, 0.2) is 0 Å². The number of nitrogens with one attached hydrogen (secondary N) is 1. The normalized spacial score (nSPS) is 18.8. The molecule has 0 spiro atoms. The fraction of sp³-hybridized carbons (Fsp3) is 0.667. The van der Waals surface area contributed by atoms with Crippen molar-refractivity contribution in [1.82, 2.24) is 15.2 Å². The largest absolute Gasteiger partial charge is 0.361 e. The minimum absolute atomic E-state index is 0.330. The highest BCUT2D eigenvalue weighted by molar-refractivity contribution is 5.02. The van der Waals surface area contributed by atoms with Gasteiger partial charge in [0.25, 0.3) is 0 Å². The van der Waals surface area contributed by atoms with Gasteiger partial charge in [0.1, 0.15) is 0 Å². The molecule has 1 aliphatic rings. The van der Waals surface area contributed by atoms with Gasteiger partial charge in [-0.3, -0.25) is 0 Å². The second-order valence-electron chi connectivity index (χ2n) is 3.55. The van der Waals surface area contributed by atoms with Crippen LogP contribution in [0.25, 0.3) is 0 Å². The number of hydrogen-bond acceptors (Lipinski definition) is 3. The Morgan fingerprint density at radius 3 is 2.77 bits per heavy atom. The fourth-order valence-corrected chi connectivity index (χ4v) is 1.92. The zero-order chi connectivity index (χ0) is 9.10. The molecule has 1 aromatic rings. The van der Waals surface area contributed by atoms with Crippen LogP contribution in [0.3, 0.4) is 0 Å². The number of rotatable bonds is 1. The van der Waals surface area contributed by atoms with E-state index >= 15 is 0 Å². The Hall–Kier alpha value is -1.19. The zero-order valence-corrected chi connectivity index (χ0v) is 7.49. The standard InChI is InChI=1S/C9H13N3O/c13-9-11-8(6-10-12-9)7-4-2-1-3-5-7/h6-7H,1-5H2,(H,11,12,13). The van der Waals surface area contributed by atoms with Gasteiger partial charge in [-0.15, -0.1) is 0 Å². The lowest BCUT2D eigenvalue weighted by atomic mass is 9.87. The quantitative estimate of drug-likeness (QED) is 0.705. The van der Waals surface area contributed by atoms with Crippen molar-refractivity contribution in [3.05, 3.63) is 22.4 Å². The van der Waals surface area contributed by atoms with E-state index in [1.807, 2.05) is 0 Å². The van der Waals surface area contributed by atoms with Gasteiger partial charge in [0.05, 0.1) is 11.9 Å². The number of hydrogen-bond donors (Lipinski definition) is 1. The number of nitrogens with zero attached hydrogens (tertiary/aromatic N) is 2. The van der Waals surface area contributed by atoms with Crippen molar-refractivity contribution in [2.75, 3.05) is 0 Å². The van der Waals surface area contributed by atoms with Crippen LogP contribution in [0.1, 0.15) is 43.7 Å². The van der Waals surface area contributed by atoms with Crippen LogP contribution in [0.15, 0.2) is 11.0 Å². The monoisotopic (exact) mass is 179 g/mol. The topological polar surface area (TPSA) is 58.6 Å². The summed E-state index contributed by atoms with van der Waals surface area (Å²) in [5.74, 6) is 0.462. The third-order valence-corrected chi connectivity index (χ3v) is 2.61. The van der Waals surface area contributed by atoms with E-state index in [2.05, 4.69) is 15.2 Å². The molecule has 13 heavy (non-hydrogen) atoms. The van der Waals surface area contributed by atoms with Crippen molar-refractivity contribution in [1.29, 1.82) is 0 Å². The van der Waals surface area contributed by atoms with Crippen molar-refractivity contribution >= 4 is 0 Å². The van der Waals surface area contributed by atoms with Crippen LogP contribution in [0.4, 0.5) is 0 Å². The Kier molecular flexibility index (Phi) is 2.38. The summed E-state index contributed by atoms with van der Waals surface area (Å²) < 4.78 is 0. The van der Waals surface area contributed by atoms with E-state index < -0.39 is 0 Å². The minimum Gasteiger partial charge on any atom is -0.244 e. The Morgan fingerprint density at radius 2 is 2.08 bits per heavy atom. The van der Waals surface area contributed by atoms with Crippen LogP contribution in [0.2, 0.25) is 0 Å². The summed E-state index contributed by atoms with van der Waals surface area (Å²) in [6.45, 7) is 0. The molecule has 0 radical (unpaired) electrons. The molecule has 1 heterocycles. The third kappa shape index (κ3) is 1.94. The maximum atomic E-state index is 10.9. The molecule has 0 saturated heterocycles. The van der Waals surface area contributed by atoms with Gasteiger partial charge in [-0.2, -0.15) is 10.1 Å². The number of aromatic nitrogens is 3. The van der Waals surface area contributed by atoms with Gasteiger partial charge in [0, 0.05) is 5.92 Å². The van der Waals surface area contributed by atoms with Gasteiger partial charge in [-0.05, 0) is 12.8 Å². The molecular weight excluding hydrogens is 166 g/mol. The van der Waals surface area contributed by atoms with Crippen molar-refractivity contribution in [2.24, 2.45) is 0 Å². The molecule has 1 saturated carbocycles. The first-order valence-corrected chi connectivity index (χ1v) is 4.78. The molecule has 1 N–H and O–H groups in total. The summed E-state index contributed by atoms with van der Waals surface area (Å²) in [5, 5.41) is 6.05. The van der Waals surface area contributed by atoms with E-state index in [4.69, 9.17) is 0 Å². The second-order valence-corrected chi connectivity index (χ2v) is 3.55. The Labute approximate surface area is 76.4 Å². The first-order chi connectivity index (χ1) is 6.36. The molecule has 4 nitrogen and oxygen atoms in total. The fourth-order valence-electron chi connectivity index (χ4n) is 1.92. The van der Waals surface area contributed by atoms with Crippen LogP contribution in [0.5, 0.6) is 0 Å². The molecule has 1 aromatic heterocycles. The first kappa shape index (κ1) is 8.41. The van der Waals surface area contributed by atoms with Crippen LogP contribution < -0.4 is 5.69 Å². The van der Waals surface area contributed by atoms with E-state index in [-0.39, 0.29) is 5.69 Å². The number of H-pyrrole nitrogens is 1. The Balaban J connectivity index is 2.19. The predicted octanol–water partition coefficient (Wildman–Crippen LogP) is 1.21. The van der Waals surface area contributed by atoms with Crippen molar-refractivity contribution in [2.45, 2.75) is 38.0 Å². The highest BCUT2D eigenvalue weighted by atomic mass is 16.1. The van der Waals surface area contributed by atoms with Crippen LogP contribution in [0, 0.1) is 0 Å². The average Bonchev–Trinajstić information content (AvgIpc) is 2.19. The maximum Gasteiger partial charge on any atom is 0.361 e. The van der Waals surface area contributed by atoms with Crippen LogP contribution in [-0.2, 0) is 0 Å². The third-order valence-electron chi connectivity index (χ3n) is 2.61. The van der Waals surface area contributed by atoms with E-state index in [9.17, 15) is 4.79 Å². The van der Waals surface area contributed by atoms with Gasteiger partial charge in [-0.1, -0.05) is 19.3 Å². The van der Waals surface area contributed by atoms with E-state index in [0.29, 0.717) is 5.92 Å². The predicted molar refractivity (Wildman–Crippen MR) is 48.5 cm³/mol. The SMILES string of the molecule is O=c1nc(C2CCCCC2)cn[nH]1. The highest BCUT2D eigenvalue weighted by Crippen LogP contribution is 2.30. The lowest BCUT2D eigenvalue weighted by Gasteiger charge is -2.19. The summed E-state index contributed by atoms with van der Waals surface area (Å²) in [4.78, 5) is 14.8. The second kappa shape index (κ2) is 3.68. The number of aromatic amines is 1. The summed E-state index contributed by atoms with van der Waals surface area (Å²) in [5.41, 5.74) is 0.534. The molecule has 70 valence electrons. The average molecular weight is 179 g/mol. The van der Waals surface area contributed by atoms with E-state index in [0.717, 1.165) is 18.5 Å². The summed E-state index contributed by atoms with van der Waals surface area (Å²) in [6, 6.07) is 0. The van der Waals surface area contributed by atoms with Crippen LogP contribution >= 0.6 is 0 Å². The van der Waals surface area contributed by atoms with Crippen molar-refractivity contribution in [3.8, 4) is 0 Å². The van der Waals surface area contributed by atoms with Crippen molar-refractivity contribution in [3.63, 3.8) is 0 Å². The summed E-state index contributed by atoms with van der Waals surface area (Å²) in [6.07, 6.45) is 7.79. The molecule has 0 amide bonds. The molecule has 1 aliphatic carbocycles. The minimum atomic E-state index is -0.330. The van der Waals surface area contributed by atoms with Gasteiger partial charge < -0.3 is 0 Å². The summed E-state index contributed by atoms with van der Waals surface area (Å²) in [7, 11) is 0. The highest BCUT2D eigenvalue weighted by Gasteiger charge is 2.16. The Morgan fingerprint density at radius 1 is 1.31 bits per heavy atom. The smallest absolute Gasteiger partial charge is 0.244 e. The van der Waals surface area contributed by atoms with Crippen molar-refractivity contribution < 1.29 is 0 Å². The lowest BCUT2D eigenvalue weighted by molar-refractivity contribution is 0.433. The molecular formula is C9H13N3O. The molecule has 2 rings (SSSR count). The van der Waals surface area contributed by atoms with Gasteiger partial charge in [0.2, 0.25) is 0 Å². The molecule has 0 bridgehead atoms. The molecule has 0 unspecified atom stereocenters. The molecule has 0 aliphatic heterocycles. The summed E-state index contributed by atoms with van der Waals surface area (Å²) >= 11 is 0. The first-order valence-electron chi connectivity index (χ1n) is 4.78. The van der Waals surface area contributed by atoms with Gasteiger partial charge in [-0.25, -0.2) is 9.89 Å². The van der Waals surface area contributed by atoms with Crippen LogP contribution in [-0.4, -0.2) is 15.2 Å². The molecule has 1 fully saturated rings.